The van der Waals surface area contributed by atoms with Crippen LogP contribution in [0.2, 0.25) is 0 Å². The van der Waals surface area contributed by atoms with Crippen LogP contribution in [0.1, 0.15) is 17.5 Å². The molecule has 0 spiro atoms. The number of carbonyl (C=O) groups is 3. The van der Waals surface area contributed by atoms with Crippen molar-refractivity contribution >= 4 is 23.8 Å². The van der Waals surface area contributed by atoms with E-state index >= 15 is 0 Å². The van der Waals surface area contributed by atoms with E-state index in [1.54, 1.807) is 12.1 Å². The van der Waals surface area contributed by atoms with Crippen LogP contribution >= 0.6 is 0 Å². The van der Waals surface area contributed by atoms with Gasteiger partial charge in [-0.25, -0.2) is 14.5 Å². The van der Waals surface area contributed by atoms with Crippen molar-refractivity contribution in [2.45, 2.75) is 25.3 Å². The van der Waals surface area contributed by atoms with Gasteiger partial charge in [0.05, 0.1) is 13.2 Å². The SMILES string of the molecule is COC(=O)Nc1ccc(CCC(=O)N2C(=O)OC[C@H]2Cc2ccccc2)cc1. The van der Waals surface area contributed by atoms with Gasteiger partial charge in [-0.1, -0.05) is 42.5 Å². The van der Waals surface area contributed by atoms with Crippen LogP contribution in [0.25, 0.3) is 0 Å². The zero-order valence-electron chi connectivity index (χ0n) is 15.6. The summed E-state index contributed by atoms with van der Waals surface area (Å²) >= 11 is 0. The smallest absolute Gasteiger partial charge is 0.416 e. The minimum absolute atomic E-state index is 0.199. The van der Waals surface area contributed by atoms with Gasteiger partial charge in [-0.05, 0) is 36.1 Å². The fourth-order valence-electron chi connectivity index (χ4n) is 3.10. The molecule has 7 heteroatoms. The van der Waals surface area contributed by atoms with Gasteiger partial charge < -0.3 is 9.47 Å². The average molecular weight is 382 g/mol. The van der Waals surface area contributed by atoms with Crippen LogP contribution in [0.4, 0.5) is 15.3 Å². The second-order valence-electron chi connectivity index (χ2n) is 6.50. The fraction of sp³-hybridized carbons (Fsp3) is 0.286. The highest BCUT2D eigenvalue weighted by Gasteiger charge is 2.37. The molecule has 2 aromatic rings. The Morgan fingerprint density at radius 1 is 1.11 bits per heavy atom. The molecule has 0 aliphatic carbocycles. The number of cyclic esters (lactones) is 1. The Hall–Kier alpha value is -3.35. The van der Waals surface area contributed by atoms with E-state index in [4.69, 9.17) is 4.74 Å². The number of carbonyl (C=O) groups excluding carboxylic acids is 3. The van der Waals surface area contributed by atoms with Gasteiger partial charge in [-0.3, -0.25) is 10.1 Å². The number of nitrogens with zero attached hydrogens (tertiary/aromatic N) is 1. The lowest BCUT2D eigenvalue weighted by Crippen LogP contribution is -2.40. The van der Waals surface area contributed by atoms with Crippen molar-refractivity contribution in [2.24, 2.45) is 0 Å². The van der Waals surface area contributed by atoms with Gasteiger partial charge in [0.2, 0.25) is 5.91 Å². The van der Waals surface area contributed by atoms with E-state index in [9.17, 15) is 14.4 Å². The van der Waals surface area contributed by atoms with E-state index in [0.29, 0.717) is 18.5 Å². The van der Waals surface area contributed by atoms with Gasteiger partial charge in [0.15, 0.2) is 0 Å². The van der Waals surface area contributed by atoms with Crippen LogP contribution in [0.3, 0.4) is 0 Å². The predicted molar refractivity (Wildman–Crippen MR) is 103 cm³/mol. The third-order valence-electron chi connectivity index (χ3n) is 4.56. The third kappa shape index (κ3) is 4.88. The predicted octanol–water partition coefficient (Wildman–Crippen LogP) is 3.39. The highest BCUT2D eigenvalue weighted by atomic mass is 16.6. The summed E-state index contributed by atoms with van der Waals surface area (Å²) in [7, 11) is 1.30. The first-order chi connectivity index (χ1) is 13.6. The lowest BCUT2D eigenvalue weighted by molar-refractivity contribution is -0.129. The zero-order valence-corrected chi connectivity index (χ0v) is 15.6. The first-order valence-corrected chi connectivity index (χ1v) is 9.03. The van der Waals surface area contributed by atoms with Crippen molar-refractivity contribution in [3.05, 3.63) is 65.7 Å². The van der Waals surface area contributed by atoms with E-state index < -0.39 is 12.2 Å². The number of nitrogens with one attached hydrogen (secondary N) is 1. The molecule has 1 heterocycles. The Morgan fingerprint density at radius 3 is 2.50 bits per heavy atom. The maximum absolute atomic E-state index is 12.6. The molecule has 28 heavy (non-hydrogen) atoms. The van der Waals surface area contributed by atoms with Crippen molar-refractivity contribution in [2.75, 3.05) is 19.0 Å². The van der Waals surface area contributed by atoms with Crippen LogP contribution in [0.5, 0.6) is 0 Å². The number of methoxy groups -OCH3 is 1. The second-order valence-corrected chi connectivity index (χ2v) is 6.50. The summed E-state index contributed by atoms with van der Waals surface area (Å²) in [5, 5.41) is 2.57. The number of imide groups is 1. The topological polar surface area (TPSA) is 84.9 Å². The number of benzene rings is 2. The molecule has 1 aliphatic rings. The number of rotatable bonds is 6. The molecule has 1 saturated heterocycles. The normalized spacial score (nSPS) is 15.8. The van der Waals surface area contributed by atoms with Gasteiger partial charge in [0, 0.05) is 12.1 Å². The van der Waals surface area contributed by atoms with Crippen LogP contribution in [0.15, 0.2) is 54.6 Å². The van der Waals surface area contributed by atoms with Crippen molar-refractivity contribution in [1.82, 2.24) is 4.90 Å². The molecule has 2 aromatic carbocycles. The van der Waals surface area contributed by atoms with E-state index in [1.165, 1.54) is 12.0 Å². The molecule has 1 fully saturated rings. The second kappa shape index (κ2) is 9.03. The molecular formula is C21H22N2O5. The first kappa shape index (κ1) is 19.4. The largest absolute Gasteiger partial charge is 0.453 e. The molecule has 1 N–H and O–H groups in total. The number of anilines is 1. The maximum atomic E-state index is 12.6. The Morgan fingerprint density at radius 2 is 1.82 bits per heavy atom. The standard InChI is InChI=1S/C21H22N2O5/c1-27-20(25)22-17-10-7-15(8-11-17)9-12-19(24)23-18(14-28-21(23)26)13-16-5-3-2-4-6-16/h2-8,10-11,18H,9,12-14H2,1H3,(H,22,25)/t18-/m1/s1. The molecule has 1 atom stereocenters. The van der Waals surface area contributed by atoms with Crippen molar-refractivity contribution in [1.29, 1.82) is 0 Å². The third-order valence-corrected chi connectivity index (χ3v) is 4.56. The summed E-state index contributed by atoms with van der Waals surface area (Å²) in [6.07, 6.45) is 0.138. The molecule has 0 bridgehead atoms. The highest BCUT2D eigenvalue weighted by Crippen LogP contribution is 2.19. The molecule has 146 valence electrons. The summed E-state index contributed by atoms with van der Waals surface area (Å²) in [5.41, 5.74) is 2.58. The monoisotopic (exact) mass is 382 g/mol. The van der Waals surface area contributed by atoms with Crippen LogP contribution in [-0.2, 0) is 27.1 Å². The Bertz CT molecular complexity index is 836. The Kier molecular flexibility index (Phi) is 6.26. The Labute approximate surface area is 163 Å². The molecule has 3 amide bonds. The maximum Gasteiger partial charge on any atom is 0.416 e. The van der Waals surface area contributed by atoms with E-state index in [2.05, 4.69) is 10.1 Å². The molecule has 1 aliphatic heterocycles. The summed E-state index contributed by atoms with van der Waals surface area (Å²) in [4.78, 5) is 37.1. The minimum atomic E-state index is -0.580. The molecule has 0 saturated carbocycles. The van der Waals surface area contributed by atoms with Gasteiger partial charge in [0.1, 0.15) is 6.61 Å². The quantitative estimate of drug-likeness (QED) is 0.828. The van der Waals surface area contributed by atoms with E-state index in [0.717, 1.165) is 11.1 Å². The highest BCUT2D eigenvalue weighted by molar-refractivity contribution is 5.93. The first-order valence-electron chi connectivity index (χ1n) is 9.03. The molecule has 7 nitrogen and oxygen atoms in total. The van der Waals surface area contributed by atoms with Crippen LogP contribution in [-0.4, -0.2) is 42.8 Å². The van der Waals surface area contributed by atoms with Crippen LogP contribution in [0, 0.1) is 0 Å². The minimum Gasteiger partial charge on any atom is -0.453 e. The van der Waals surface area contributed by atoms with Gasteiger partial charge in [-0.2, -0.15) is 0 Å². The summed E-state index contributed by atoms with van der Waals surface area (Å²) in [6, 6.07) is 16.5. The fourth-order valence-corrected chi connectivity index (χ4v) is 3.10. The number of amides is 3. The molecule has 0 aromatic heterocycles. The number of hydrogen-bond acceptors (Lipinski definition) is 5. The summed E-state index contributed by atoms with van der Waals surface area (Å²) in [5.74, 6) is -0.250. The zero-order chi connectivity index (χ0) is 19.9. The van der Waals surface area contributed by atoms with Gasteiger partial charge in [0.25, 0.3) is 0 Å². The van der Waals surface area contributed by atoms with Crippen molar-refractivity contribution in [3.8, 4) is 0 Å². The molecule has 0 unspecified atom stereocenters. The molecule has 3 rings (SSSR count). The van der Waals surface area contributed by atoms with E-state index in [1.807, 2.05) is 42.5 Å². The number of hydrogen-bond donors (Lipinski definition) is 1. The van der Waals surface area contributed by atoms with E-state index in [-0.39, 0.29) is 25.0 Å². The van der Waals surface area contributed by atoms with Gasteiger partial charge in [-0.15, -0.1) is 0 Å². The average Bonchev–Trinajstić information content (AvgIpc) is 3.08. The Balaban J connectivity index is 1.57. The summed E-state index contributed by atoms with van der Waals surface area (Å²) in [6.45, 7) is 0.216. The number of ether oxygens (including phenoxy) is 2. The number of aryl methyl sites for hydroxylation is 1. The lowest BCUT2D eigenvalue weighted by Gasteiger charge is -2.19. The lowest BCUT2D eigenvalue weighted by atomic mass is 10.0. The van der Waals surface area contributed by atoms with Crippen molar-refractivity contribution in [3.63, 3.8) is 0 Å². The van der Waals surface area contributed by atoms with Gasteiger partial charge >= 0.3 is 12.2 Å². The van der Waals surface area contributed by atoms with Crippen molar-refractivity contribution < 1.29 is 23.9 Å². The summed E-state index contributed by atoms with van der Waals surface area (Å²) < 4.78 is 9.64. The van der Waals surface area contributed by atoms with Crippen LogP contribution < -0.4 is 5.32 Å². The molecule has 0 radical (unpaired) electrons. The molecular weight excluding hydrogens is 360 g/mol.